The van der Waals surface area contributed by atoms with Gasteiger partial charge in [-0.2, -0.15) is 0 Å². The normalized spacial score (nSPS) is 20.2. The van der Waals surface area contributed by atoms with Gasteiger partial charge in [0.05, 0.1) is 74.3 Å². The Morgan fingerprint density at radius 2 is 0.882 bits per heavy atom. The maximum absolute atomic E-state index is 10.0. The van der Waals surface area contributed by atoms with Gasteiger partial charge in [-0.05, 0) is 88.7 Å². The highest BCUT2D eigenvalue weighted by atomic mass is 16.3. The van der Waals surface area contributed by atoms with E-state index in [0.29, 0.717) is 0 Å². The molecule has 0 amide bonds. The van der Waals surface area contributed by atoms with Gasteiger partial charge < -0.3 is 13.6 Å². The summed E-state index contributed by atoms with van der Waals surface area (Å²) < 4.78 is 278. The van der Waals surface area contributed by atoms with Crippen molar-refractivity contribution in [3.63, 3.8) is 0 Å². The smallest absolute Gasteiger partial charge is 0.138 e. The third-order valence-corrected chi connectivity index (χ3v) is 8.30. The van der Waals surface area contributed by atoms with Crippen LogP contribution >= 0.6 is 0 Å². The molecule has 0 saturated carbocycles. The first-order valence-corrected chi connectivity index (χ1v) is 15.0. The van der Waals surface area contributed by atoms with Crippen molar-refractivity contribution >= 4 is 65.6 Å². The number of fused-ring (bicyclic) bond motifs is 9. The Morgan fingerprint density at radius 3 is 1.57 bits per heavy atom. The van der Waals surface area contributed by atoms with Gasteiger partial charge in [-0.25, -0.2) is 0 Å². The highest BCUT2D eigenvalue weighted by Crippen LogP contribution is 2.42. The Morgan fingerprint density at radius 1 is 0.353 bits per heavy atom. The van der Waals surface area contributed by atoms with E-state index in [0.717, 1.165) is 9.13 Å². The van der Waals surface area contributed by atoms with Crippen LogP contribution in [0.25, 0.3) is 99.2 Å². The van der Waals surface area contributed by atoms with Crippen molar-refractivity contribution in [2.45, 2.75) is 0 Å². The summed E-state index contributed by atoms with van der Waals surface area (Å²) in [6.45, 7) is 0. The summed E-state index contributed by atoms with van der Waals surface area (Å²) in [6.07, 6.45) is 0. The number of aromatic nitrogens is 2. The first kappa shape index (κ1) is 11.6. The summed E-state index contributed by atoms with van der Waals surface area (Å²) in [7, 11) is 0. The van der Waals surface area contributed by atoms with Gasteiger partial charge >= 0.3 is 0 Å². The standard InChI is InChI=1S/C48H30N2O/c1-3-13-31(14-4-1)34-29-45(48-38-19-9-12-22-46(38)51-47(48)30-34)50-42-21-11-8-18-37(42)40-28-33(24-26-44(40)50)32-23-25-43-39(27-32)36-17-7-10-20-41(36)49(43)35-15-5-2-6-16-35/h1-30H/i1D,2D,3D,4D,5D,6D,7D,8D,9D,10D,11D,12D,13D,14D,15D,16D,17D,18D,19D,20D,21D,22D,23D,24D,25D,26D,27D,28D,29D,30D. The molecule has 51 heavy (non-hydrogen) atoms. The van der Waals surface area contributed by atoms with E-state index in [1.807, 2.05) is 0 Å². The van der Waals surface area contributed by atoms with E-state index in [4.69, 9.17) is 31.8 Å². The molecule has 0 N–H and O–H groups in total. The summed E-state index contributed by atoms with van der Waals surface area (Å²) in [5.41, 5.74) is -8.94. The highest BCUT2D eigenvalue weighted by Gasteiger charge is 2.20. The molecule has 0 aliphatic rings. The maximum Gasteiger partial charge on any atom is 0.138 e. The molecule has 3 nitrogen and oxygen atoms in total. The van der Waals surface area contributed by atoms with Crippen molar-refractivity contribution in [3.8, 4) is 33.6 Å². The van der Waals surface area contributed by atoms with Gasteiger partial charge in [0.25, 0.3) is 0 Å². The van der Waals surface area contributed by atoms with E-state index < -0.39 is 280 Å². The van der Waals surface area contributed by atoms with Gasteiger partial charge in [0.15, 0.2) is 0 Å². The molecule has 0 saturated heterocycles. The van der Waals surface area contributed by atoms with Gasteiger partial charge in [-0.3, -0.25) is 0 Å². The molecule has 3 aromatic heterocycles. The lowest BCUT2D eigenvalue weighted by atomic mass is 10.0. The molecule has 3 heteroatoms. The fourth-order valence-electron chi connectivity index (χ4n) is 6.21. The largest absolute Gasteiger partial charge is 0.456 e. The summed E-state index contributed by atoms with van der Waals surface area (Å²) in [5.74, 6) is 0. The quantitative estimate of drug-likeness (QED) is 0.181. The van der Waals surface area contributed by atoms with E-state index in [1.165, 1.54) is 0 Å². The molecular weight excluding hydrogens is 621 g/mol. The zero-order valence-corrected chi connectivity index (χ0v) is 25.3. The highest BCUT2D eigenvalue weighted by molar-refractivity contribution is 6.16. The third-order valence-electron chi connectivity index (χ3n) is 8.30. The third kappa shape index (κ3) is 4.19. The number of benzene rings is 8. The zero-order valence-electron chi connectivity index (χ0n) is 55.3. The van der Waals surface area contributed by atoms with Crippen molar-refractivity contribution in [1.29, 1.82) is 0 Å². The van der Waals surface area contributed by atoms with E-state index in [-0.39, 0.29) is 0 Å². The van der Waals surface area contributed by atoms with Crippen LogP contribution in [0, 0.1) is 0 Å². The number of hydrogen-bond donors (Lipinski definition) is 0. The molecule has 8 aromatic carbocycles. The average molecular weight is 681 g/mol. The van der Waals surface area contributed by atoms with Crippen LogP contribution in [0.4, 0.5) is 0 Å². The molecule has 0 fully saturated rings. The van der Waals surface area contributed by atoms with Gasteiger partial charge in [0, 0.05) is 32.6 Å². The van der Waals surface area contributed by atoms with Crippen LogP contribution in [0.1, 0.15) is 41.1 Å². The van der Waals surface area contributed by atoms with E-state index in [2.05, 4.69) is 0 Å². The Bertz CT molecular complexity index is 4820. The fourth-order valence-corrected chi connectivity index (χ4v) is 6.21. The first-order chi connectivity index (χ1) is 37.8. The number of furan rings is 1. The van der Waals surface area contributed by atoms with Crippen molar-refractivity contribution in [2.75, 3.05) is 0 Å². The molecular formula is C48H30N2O. The van der Waals surface area contributed by atoms with Crippen LogP contribution in [0.5, 0.6) is 0 Å². The van der Waals surface area contributed by atoms with E-state index in [1.54, 1.807) is 0 Å². The first-order valence-electron chi connectivity index (χ1n) is 30.0. The van der Waals surface area contributed by atoms with Crippen molar-refractivity contribution < 1.29 is 45.5 Å². The summed E-state index contributed by atoms with van der Waals surface area (Å²) >= 11 is 0. The second kappa shape index (κ2) is 10.8. The average Bonchev–Trinajstić information content (AvgIpc) is 3.95. The molecule has 238 valence electrons. The van der Waals surface area contributed by atoms with Gasteiger partial charge in [0.1, 0.15) is 11.2 Å². The van der Waals surface area contributed by atoms with E-state index in [9.17, 15) is 13.7 Å². The Hall–Kier alpha value is -6.84. The topological polar surface area (TPSA) is 23.0 Å². The lowest BCUT2D eigenvalue weighted by Crippen LogP contribution is -1.96. The minimum atomic E-state index is -1.10. The van der Waals surface area contributed by atoms with Crippen LogP contribution < -0.4 is 0 Å². The molecule has 0 aliphatic heterocycles. The summed E-state index contributed by atoms with van der Waals surface area (Å²) in [5, 5.41) is -3.68. The maximum atomic E-state index is 10.0. The van der Waals surface area contributed by atoms with Gasteiger partial charge in [-0.1, -0.05) is 115 Å². The molecule has 0 aliphatic carbocycles. The summed E-state index contributed by atoms with van der Waals surface area (Å²) in [4.78, 5) is 0. The number of nitrogens with zero attached hydrogens (tertiary/aromatic N) is 2. The SMILES string of the molecule is [2H]c1c([2H])c([2H])c(-c2c([2H])c(-n3c4c([2H])c([2H])c([2H])c([2H])c4c4c([2H])c(-c5c([2H])c([2H])c6c(c5[2H])c5c([2H])c([2H])c([2H])c([2H])c5n6-c5c([2H])c([2H])c([2H])c([2H])c5[2H])c([2H])c([2H])c43)c3c(oc4c([2H])c([2H])c([2H])c([2H])c43)c2[2H])c([2H])c1[2H]. The minimum absolute atomic E-state index is 0.550. The number of para-hydroxylation sites is 4. The fraction of sp³-hybridized carbons (Fsp3) is 0. The molecule has 0 spiro atoms. The zero-order chi connectivity index (χ0) is 59.6. The lowest BCUT2D eigenvalue weighted by Gasteiger charge is -2.13. The van der Waals surface area contributed by atoms with E-state index >= 15 is 0 Å². The van der Waals surface area contributed by atoms with Crippen molar-refractivity contribution in [1.82, 2.24) is 9.13 Å². The van der Waals surface area contributed by atoms with Crippen LogP contribution in [0.3, 0.4) is 0 Å². The predicted molar refractivity (Wildman–Crippen MR) is 213 cm³/mol. The minimum Gasteiger partial charge on any atom is -0.456 e. The molecule has 0 radical (unpaired) electrons. The van der Waals surface area contributed by atoms with Crippen LogP contribution in [0.2, 0.25) is 0 Å². The molecule has 3 heterocycles. The van der Waals surface area contributed by atoms with Gasteiger partial charge in [0.2, 0.25) is 0 Å². The predicted octanol–water partition coefficient (Wildman–Crippen LogP) is 13.1. The Balaban J connectivity index is 1.39. The molecule has 0 bridgehead atoms. The monoisotopic (exact) mass is 680 g/mol. The second-order valence-corrected chi connectivity index (χ2v) is 11.0. The molecule has 0 atom stereocenters. The second-order valence-electron chi connectivity index (χ2n) is 11.0. The molecule has 11 rings (SSSR count). The van der Waals surface area contributed by atoms with Crippen LogP contribution in [0.15, 0.2) is 186 Å². The van der Waals surface area contributed by atoms with Crippen molar-refractivity contribution in [3.05, 3.63) is 181 Å². The lowest BCUT2D eigenvalue weighted by molar-refractivity contribution is 0.669. The molecule has 11 aromatic rings. The Labute approximate surface area is 336 Å². The summed E-state index contributed by atoms with van der Waals surface area (Å²) in [6, 6.07) is -28.1. The number of hydrogen-bond acceptors (Lipinski definition) is 1. The van der Waals surface area contributed by atoms with Gasteiger partial charge in [-0.15, -0.1) is 0 Å². The Kier molecular flexibility index (Phi) is 2.47. The number of rotatable bonds is 4. The van der Waals surface area contributed by atoms with Crippen molar-refractivity contribution in [2.24, 2.45) is 0 Å². The molecule has 0 unspecified atom stereocenters. The van der Waals surface area contributed by atoms with Crippen LogP contribution in [-0.2, 0) is 0 Å². The van der Waals surface area contributed by atoms with Crippen LogP contribution in [-0.4, -0.2) is 9.13 Å².